The molecule has 224 valence electrons. The van der Waals surface area contributed by atoms with E-state index in [1.165, 1.54) is 0 Å². The molecule has 2 aliphatic heterocycles. The number of hydrogen-bond acceptors (Lipinski definition) is 16. The highest BCUT2D eigenvalue weighted by Crippen LogP contribution is 2.62. The number of rotatable bonds is 7. The first kappa shape index (κ1) is 27.5. The normalized spacial score (nSPS) is 35.5. The number of anilines is 2. The number of aliphatic hydroxyl groups excluding tert-OH is 2. The van der Waals surface area contributed by atoms with Crippen molar-refractivity contribution in [2.45, 2.75) is 54.8 Å². The molecule has 3 fully saturated rings. The van der Waals surface area contributed by atoms with Crippen LogP contribution in [0.1, 0.15) is 12.5 Å². The summed E-state index contributed by atoms with van der Waals surface area (Å²) in [6, 6.07) is 0. The summed E-state index contributed by atoms with van der Waals surface area (Å²) in [5.74, 6) is -0.259. The van der Waals surface area contributed by atoms with Crippen molar-refractivity contribution in [1.29, 1.82) is 0 Å². The molecular weight excluding hydrogens is 611 g/mol. The fourth-order valence-corrected chi connectivity index (χ4v) is 6.49. The predicted octanol–water partition coefficient (Wildman–Crippen LogP) is -2.29. The van der Waals surface area contributed by atoms with Crippen molar-refractivity contribution in [3.8, 4) is 0 Å². The van der Waals surface area contributed by atoms with E-state index in [1.807, 2.05) is 0 Å². The van der Waals surface area contributed by atoms with Gasteiger partial charge in [0, 0.05) is 0 Å². The van der Waals surface area contributed by atoms with Crippen LogP contribution in [-0.2, 0) is 30.3 Å². The van der Waals surface area contributed by atoms with Gasteiger partial charge >= 0.3 is 6.72 Å². The van der Waals surface area contributed by atoms with Gasteiger partial charge in [-0.05, 0) is 11.8 Å². The van der Waals surface area contributed by atoms with E-state index in [1.54, 1.807) is 0 Å². The first-order valence-electron chi connectivity index (χ1n) is 12.1. The number of nitrogens with two attached hydrogens (primary N) is 2. The lowest BCUT2D eigenvalue weighted by molar-refractivity contribution is -0.0799. The predicted molar refractivity (Wildman–Crippen MR) is 136 cm³/mol. The van der Waals surface area contributed by atoms with Crippen LogP contribution in [-0.4, -0.2) is 109 Å². The molecule has 0 aromatic carbocycles. The number of hydrogen-bond donors (Lipinski definition) is 6. The molecule has 0 amide bonds. The van der Waals surface area contributed by atoms with Gasteiger partial charge in [-0.3, -0.25) is 18.9 Å². The SMILES string of the molecule is Nc1nc2c(ncn2[C@@H]2O[C@@H]3C(O)[C@]3(F)[C@H]2OP(O)(=S)OC[C@H]2O[C@@H](n3nnc4c(N)ncnc43)[C@@H](F)[C@@H]2O)c(=O)[nH]1. The average molecular weight is 631 g/mol. The topological polar surface area (TPSA) is 270 Å². The zero-order valence-corrected chi connectivity index (χ0v) is 22.4. The molecule has 4 aromatic rings. The van der Waals surface area contributed by atoms with Gasteiger partial charge in [-0.1, -0.05) is 5.21 Å². The number of ether oxygens (including phenoxy) is 2. The van der Waals surface area contributed by atoms with E-state index in [-0.39, 0.29) is 34.1 Å². The largest absolute Gasteiger partial charge is 0.387 e. The summed E-state index contributed by atoms with van der Waals surface area (Å²) in [6.07, 6.45) is -10.6. The van der Waals surface area contributed by atoms with Gasteiger partial charge in [0.05, 0.1) is 12.9 Å². The number of nitrogens with zero attached hydrogens (tertiary/aromatic N) is 8. The van der Waals surface area contributed by atoms with E-state index in [2.05, 4.69) is 35.2 Å². The zero-order valence-electron chi connectivity index (χ0n) is 20.7. The highest BCUT2D eigenvalue weighted by molar-refractivity contribution is 8.07. The minimum absolute atomic E-state index is 0.00389. The Morgan fingerprint density at radius 2 is 1.98 bits per heavy atom. The van der Waals surface area contributed by atoms with Crippen LogP contribution < -0.4 is 17.0 Å². The van der Waals surface area contributed by atoms with Crippen LogP contribution in [0.4, 0.5) is 20.5 Å². The van der Waals surface area contributed by atoms with Crippen LogP contribution in [0.25, 0.3) is 22.3 Å². The van der Waals surface area contributed by atoms with Gasteiger partial charge in [-0.2, -0.15) is 9.67 Å². The summed E-state index contributed by atoms with van der Waals surface area (Å²) in [6.45, 7) is -5.09. The molecule has 2 unspecified atom stereocenters. The highest BCUT2D eigenvalue weighted by Gasteiger charge is 2.80. The van der Waals surface area contributed by atoms with Gasteiger partial charge in [-0.15, -0.1) is 5.10 Å². The minimum atomic E-state index is -4.39. The molecule has 23 heteroatoms. The number of aliphatic hydroxyl groups is 2. The molecule has 10 atom stereocenters. The molecule has 7 rings (SSSR count). The van der Waals surface area contributed by atoms with Crippen molar-refractivity contribution in [2.75, 3.05) is 18.1 Å². The standard InChI is InChI=1S/C19H20F2N11O8PS/c20-5-8(33)4(38-16(5)32-13-6(29-30-32)12(22)24-2-25-13)1-37-41(36,42)40-11-17(39-10-9(34)19(10,11)21)31-3-26-7-14(31)27-18(23)28-15(7)35/h2-5,8-11,16-17,33-34H,1H2,(H,36,42)(H2,22,24,25)(H3,23,27,28,35)/t4-,5+,8-,9?,10-,11+,16-,17-,19-,41?/m1/s1. The van der Waals surface area contributed by atoms with Crippen LogP contribution in [0.2, 0.25) is 0 Å². The van der Waals surface area contributed by atoms with E-state index in [0.717, 1.165) is 21.9 Å². The Morgan fingerprint density at radius 3 is 2.76 bits per heavy atom. The first-order chi connectivity index (χ1) is 19.9. The maximum atomic E-state index is 15.7. The molecule has 42 heavy (non-hydrogen) atoms. The Hall–Kier alpha value is -3.34. The van der Waals surface area contributed by atoms with Crippen molar-refractivity contribution >= 4 is 52.6 Å². The van der Waals surface area contributed by atoms with Gasteiger partial charge in [0.15, 0.2) is 58.5 Å². The van der Waals surface area contributed by atoms with Crippen LogP contribution in [0.5, 0.6) is 0 Å². The molecule has 1 saturated carbocycles. The molecule has 1 aliphatic carbocycles. The third-order valence-electron chi connectivity index (χ3n) is 7.25. The molecule has 0 radical (unpaired) electrons. The van der Waals surface area contributed by atoms with Crippen LogP contribution >= 0.6 is 6.72 Å². The third kappa shape index (κ3) is 4.02. The Kier molecular flexibility index (Phi) is 6.11. The molecule has 0 spiro atoms. The molecule has 8 N–H and O–H groups in total. The minimum Gasteiger partial charge on any atom is -0.387 e. The van der Waals surface area contributed by atoms with Crippen molar-refractivity contribution in [1.82, 2.24) is 44.5 Å². The van der Waals surface area contributed by atoms with E-state index in [0.29, 0.717) is 0 Å². The fraction of sp³-hybridized carbons (Fsp3) is 0.526. The Balaban J connectivity index is 1.09. The summed E-state index contributed by atoms with van der Waals surface area (Å²) >= 11 is 5.06. The number of nitrogen functional groups attached to an aromatic ring is 2. The molecule has 19 nitrogen and oxygen atoms in total. The highest BCUT2D eigenvalue weighted by atomic mass is 32.5. The van der Waals surface area contributed by atoms with Crippen LogP contribution in [0, 0.1) is 0 Å². The van der Waals surface area contributed by atoms with E-state index in [9.17, 15) is 19.9 Å². The molecule has 6 heterocycles. The van der Waals surface area contributed by atoms with Crippen molar-refractivity contribution in [3.05, 3.63) is 23.0 Å². The van der Waals surface area contributed by atoms with Crippen molar-refractivity contribution in [2.24, 2.45) is 0 Å². The summed E-state index contributed by atoms with van der Waals surface area (Å²) < 4.78 is 54.8. The lowest BCUT2D eigenvalue weighted by Gasteiger charge is -2.29. The number of halogens is 2. The maximum Gasteiger partial charge on any atom is 0.325 e. The maximum absolute atomic E-state index is 15.7. The summed E-state index contributed by atoms with van der Waals surface area (Å²) in [5, 5.41) is 28.1. The number of aromatic amines is 1. The smallest absolute Gasteiger partial charge is 0.325 e. The van der Waals surface area contributed by atoms with Crippen molar-refractivity contribution in [3.63, 3.8) is 0 Å². The van der Waals surface area contributed by atoms with Gasteiger partial charge in [0.25, 0.3) is 5.56 Å². The fourth-order valence-electron chi connectivity index (χ4n) is 5.08. The molecular formula is C19H20F2N11O8PS. The second-order valence-electron chi connectivity index (χ2n) is 9.75. The number of alkyl halides is 2. The van der Waals surface area contributed by atoms with Gasteiger partial charge in [0.2, 0.25) is 5.95 Å². The van der Waals surface area contributed by atoms with Gasteiger partial charge < -0.3 is 40.6 Å². The number of imidazole rings is 1. The number of aromatic nitrogens is 9. The monoisotopic (exact) mass is 631 g/mol. The van der Waals surface area contributed by atoms with E-state index >= 15 is 8.78 Å². The van der Waals surface area contributed by atoms with E-state index < -0.39 is 73.7 Å². The third-order valence-corrected chi connectivity index (χ3v) is 8.79. The van der Waals surface area contributed by atoms with Crippen LogP contribution in [0.15, 0.2) is 17.4 Å². The average Bonchev–Trinajstić information content (AvgIpc) is 3.47. The molecule has 4 aromatic heterocycles. The lowest BCUT2D eigenvalue weighted by atomic mass is 10.1. The number of fused-ring (bicyclic) bond motifs is 3. The van der Waals surface area contributed by atoms with Gasteiger partial charge in [-0.25, -0.2) is 23.7 Å². The second-order valence-corrected chi connectivity index (χ2v) is 12.5. The molecule has 2 saturated heterocycles. The second kappa shape index (κ2) is 9.33. The zero-order chi connectivity index (χ0) is 29.7. The van der Waals surface area contributed by atoms with E-state index in [4.69, 9.17) is 41.8 Å². The molecule has 0 bridgehead atoms. The Morgan fingerprint density at radius 1 is 1.19 bits per heavy atom. The summed E-state index contributed by atoms with van der Waals surface area (Å²) in [4.78, 5) is 41.0. The number of H-pyrrole nitrogens is 1. The lowest BCUT2D eigenvalue weighted by Crippen LogP contribution is -2.36. The summed E-state index contributed by atoms with van der Waals surface area (Å²) in [7, 11) is 0. The van der Waals surface area contributed by atoms with Crippen LogP contribution in [0.3, 0.4) is 0 Å². The quantitative estimate of drug-likeness (QED) is 0.117. The van der Waals surface area contributed by atoms with Gasteiger partial charge in [0.1, 0.15) is 30.7 Å². The molecule has 3 aliphatic rings. The van der Waals surface area contributed by atoms with Crippen molar-refractivity contribution < 1.29 is 42.4 Å². The Bertz CT molecular complexity index is 1830. The number of nitrogens with one attached hydrogen (secondary N) is 1. The first-order valence-corrected chi connectivity index (χ1v) is 14.7. The Labute approximate surface area is 235 Å². The summed E-state index contributed by atoms with van der Waals surface area (Å²) in [5.41, 5.74) is 8.07.